The minimum atomic E-state index is -0.0349. The van der Waals surface area contributed by atoms with Crippen LogP contribution in [0.5, 0.6) is 0 Å². The molecule has 0 N–H and O–H groups in total. The molecule has 1 nitrogen and oxygen atoms in total. The second kappa shape index (κ2) is 9.07. The van der Waals surface area contributed by atoms with E-state index in [-0.39, 0.29) is 5.41 Å². The maximum Gasteiger partial charge on any atom is 0.0689 e. The smallest absolute Gasteiger partial charge is 0.0689 e. The molecule has 0 aromatic heterocycles. The molecule has 3 rings (SSSR count). The van der Waals surface area contributed by atoms with Crippen LogP contribution in [0, 0.1) is 22.7 Å². The third kappa shape index (κ3) is 4.51. The molecule has 0 radical (unpaired) electrons. The summed E-state index contributed by atoms with van der Waals surface area (Å²) in [5, 5.41) is 9.50. The predicted molar refractivity (Wildman–Crippen MR) is 110 cm³/mol. The lowest BCUT2D eigenvalue weighted by Crippen LogP contribution is -2.24. The first-order valence-electron chi connectivity index (χ1n) is 11.2. The number of hydrogen-bond acceptors (Lipinski definition) is 1. The Kier molecular flexibility index (Phi) is 6.80. The van der Waals surface area contributed by atoms with Gasteiger partial charge in [0, 0.05) is 0 Å². The van der Waals surface area contributed by atoms with Gasteiger partial charge < -0.3 is 0 Å². The van der Waals surface area contributed by atoms with Gasteiger partial charge >= 0.3 is 0 Å². The highest BCUT2D eigenvalue weighted by molar-refractivity contribution is 5.28. The molecule has 2 fully saturated rings. The molecule has 0 bridgehead atoms. The summed E-state index contributed by atoms with van der Waals surface area (Å²) in [4.78, 5) is 0. The first kappa shape index (κ1) is 19.5. The number of unbranched alkanes of at least 4 members (excludes halogenated alkanes) is 1. The highest BCUT2D eigenvalue weighted by Crippen LogP contribution is 2.45. The molecule has 0 unspecified atom stereocenters. The maximum absolute atomic E-state index is 9.50. The summed E-state index contributed by atoms with van der Waals surface area (Å²) in [6.45, 7) is 4.48. The van der Waals surface area contributed by atoms with Gasteiger partial charge in [0.1, 0.15) is 0 Å². The molecular formula is C25H37N. The van der Waals surface area contributed by atoms with E-state index < -0.39 is 0 Å². The van der Waals surface area contributed by atoms with Gasteiger partial charge in [-0.3, -0.25) is 0 Å². The van der Waals surface area contributed by atoms with Crippen molar-refractivity contribution in [3.63, 3.8) is 0 Å². The highest BCUT2D eigenvalue weighted by atomic mass is 14.4. The summed E-state index contributed by atoms with van der Waals surface area (Å²) < 4.78 is 0. The molecular weight excluding hydrogens is 314 g/mol. The van der Waals surface area contributed by atoms with Gasteiger partial charge in [-0.15, -0.1) is 0 Å². The minimum absolute atomic E-state index is 0.0349. The summed E-state index contributed by atoms with van der Waals surface area (Å²) in [6, 6.07) is 12.2. The van der Waals surface area contributed by atoms with E-state index >= 15 is 0 Å². The molecule has 2 aliphatic rings. The average molecular weight is 352 g/mol. The van der Waals surface area contributed by atoms with Crippen LogP contribution in [0.3, 0.4) is 0 Å². The second-order valence-corrected chi connectivity index (χ2v) is 9.05. The van der Waals surface area contributed by atoms with E-state index in [1.807, 2.05) is 0 Å². The lowest BCUT2D eigenvalue weighted by molar-refractivity contribution is 0.238. The number of hydrogen-bond donors (Lipinski definition) is 0. The quantitative estimate of drug-likeness (QED) is 0.514. The van der Waals surface area contributed by atoms with Gasteiger partial charge in [0.25, 0.3) is 0 Å². The highest BCUT2D eigenvalue weighted by Gasteiger charge is 2.34. The third-order valence-corrected chi connectivity index (χ3v) is 7.55. The standard InChI is InChI=1S/C25H37N/c1-3-5-6-20-7-9-21(10-8-20)22-11-13-23(14-12-22)24-15-17-25(4-2,19-26)18-16-24/h11-14,20-21,24H,3-10,15-18H2,1-2H3/t20-,21-,24-,25-. The van der Waals surface area contributed by atoms with Gasteiger partial charge in [-0.2, -0.15) is 5.26 Å². The lowest BCUT2D eigenvalue weighted by Gasteiger charge is -2.34. The fourth-order valence-corrected chi connectivity index (χ4v) is 5.37. The predicted octanol–water partition coefficient (Wildman–Crippen LogP) is 7.73. The van der Waals surface area contributed by atoms with Crippen molar-refractivity contribution in [1.82, 2.24) is 0 Å². The largest absolute Gasteiger partial charge is 0.198 e. The molecule has 0 saturated heterocycles. The van der Waals surface area contributed by atoms with E-state index in [4.69, 9.17) is 0 Å². The Hall–Kier alpha value is -1.29. The van der Waals surface area contributed by atoms with Crippen LogP contribution >= 0.6 is 0 Å². The van der Waals surface area contributed by atoms with Crippen molar-refractivity contribution in [3.8, 4) is 6.07 Å². The topological polar surface area (TPSA) is 23.8 Å². The van der Waals surface area contributed by atoms with Gasteiger partial charge in [-0.1, -0.05) is 57.4 Å². The molecule has 0 aliphatic heterocycles. The third-order valence-electron chi connectivity index (χ3n) is 7.55. The monoisotopic (exact) mass is 351 g/mol. The molecule has 2 saturated carbocycles. The zero-order valence-corrected chi connectivity index (χ0v) is 17.0. The zero-order valence-electron chi connectivity index (χ0n) is 17.0. The van der Waals surface area contributed by atoms with Gasteiger partial charge in [0.15, 0.2) is 0 Å². The minimum Gasteiger partial charge on any atom is -0.198 e. The molecule has 1 aromatic carbocycles. The van der Waals surface area contributed by atoms with Crippen LogP contribution in [0.4, 0.5) is 0 Å². The average Bonchev–Trinajstić information content (AvgIpc) is 2.73. The van der Waals surface area contributed by atoms with Crippen molar-refractivity contribution in [3.05, 3.63) is 35.4 Å². The van der Waals surface area contributed by atoms with E-state index in [0.717, 1.165) is 31.1 Å². The van der Waals surface area contributed by atoms with E-state index in [1.54, 1.807) is 5.56 Å². The number of nitrogens with zero attached hydrogens (tertiary/aromatic N) is 1. The Labute approximate surface area is 161 Å². The first-order chi connectivity index (χ1) is 12.7. The van der Waals surface area contributed by atoms with E-state index in [0.29, 0.717) is 5.92 Å². The van der Waals surface area contributed by atoms with Gasteiger partial charge in [-0.05, 0) is 86.7 Å². The van der Waals surface area contributed by atoms with E-state index in [1.165, 1.54) is 63.4 Å². The van der Waals surface area contributed by atoms with Crippen LogP contribution in [0.25, 0.3) is 0 Å². The van der Waals surface area contributed by atoms with Crippen LogP contribution in [-0.2, 0) is 0 Å². The van der Waals surface area contributed by atoms with E-state index in [2.05, 4.69) is 44.2 Å². The fourth-order valence-electron chi connectivity index (χ4n) is 5.37. The number of rotatable bonds is 6. The van der Waals surface area contributed by atoms with Gasteiger partial charge in [0.05, 0.1) is 11.5 Å². The van der Waals surface area contributed by atoms with Crippen LogP contribution in [0.15, 0.2) is 24.3 Å². The van der Waals surface area contributed by atoms with Crippen molar-refractivity contribution in [2.75, 3.05) is 0 Å². The molecule has 0 spiro atoms. The molecule has 0 heterocycles. The zero-order chi connectivity index (χ0) is 18.4. The maximum atomic E-state index is 9.50. The summed E-state index contributed by atoms with van der Waals surface area (Å²) in [5.41, 5.74) is 3.04. The molecule has 0 atom stereocenters. The number of nitriles is 1. The van der Waals surface area contributed by atoms with Crippen molar-refractivity contribution < 1.29 is 0 Å². The molecule has 0 amide bonds. The Morgan fingerprint density at radius 3 is 1.88 bits per heavy atom. The van der Waals surface area contributed by atoms with Crippen LogP contribution < -0.4 is 0 Å². The van der Waals surface area contributed by atoms with Crippen LogP contribution in [0.1, 0.15) is 114 Å². The normalized spacial score (nSPS) is 32.1. The lowest BCUT2D eigenvalue weighted by atomic mass is 9.68. The van der Waals surface area contributed by atoms with Crippen molar-refractivity contribution in [1.29, 1.82) is 5.26 Å². The summed E-state index contributed by atoms with van der Waals surface area (Å²) >= 11 is 0. The first-order valence-corrected chi connectivity index (χ1v) is 11.2. The van der Waals surface area contributed by atoms with Gasteiger partial charge in [-0.25, -0.2) is 0 Å². The summed E-state index contributed by atoms with van der Waals surface area (Å²) in [5.74, 6) is 2.45. The van der Waals surface area contributed by atoms with Crippen LogP contribution in [-0.4, -0.2) is 0 Å². The van der Waals surface area contributed by atoms with Gasteiger partial charge in [0.2, 0.25) is 0 Å². The summed E-state index contributed by atoms with van der Waals surface area (Å²) in [7, 11) is 0. The fraction of sp³-hybridized carbons (Fsp3) is 0.720. The number of benzene rings is 1. The Balaban J connectivity index is 1.53. The molecule has 1 heteroatoms. The SMILES string of the molecule is CCCC[C@H]1CC[C@H](c2ccc([C@H]3CC[C@@](C#N)(CC)CC3)cc2)CC1. The summed E-state index contributed by atoms with van der Waals surface area (Å²) in [6.07, 6.45) is 15.4. The Morgan fingerprint density at radius 2 is 1.42 bits per heavy atom. The molecule has 26 heavy (non-hydrogen) atoms. The second-order valence-electron chi connectivity index (χ2n) is 9.05. The van der Waals surface area contributed by atoms with E-state index in [9.17, 15) is 5.26 Å². The van der Waals surface area contributed by atoms with Crippen molar-refractivity contribution in [2.24, 2.45) is 11.3 Å². The molecule has 142 valence electrons. The van der Waals surface area contributed by atoms with Crippen molar-refractivity contribution >= 4 is 0 Å². The van der Waals surface area contributed by atoms with Crippen LogP contribution in [0.2, 0.25) is 0 Å². The Morgan fingerprint density at radius 1 is 0.885 bits per heavy atom. The molecule has 2 aliphatic carbocycles. The van der Waals surface area contributed by atoms with Crippen molar-refractivity contribution in [2.45, 2.75) is 103 Å². The molecule has 1 aromatic rings. The Bertz CT molecular complexity index is 578.